The number of piperazine rings is 1. The number of carboxylic acids is 1. The molecule has 1 amide bonds. The third-order valence-electron chi connectivity index (χ3n) is 8.17. The minimum absolute atomic E-state index is 0.119. The average Bonchev–Trinajstić information content (AvgIpc) is 3.33. The first-order valence-electron chi connectivity index (χ1n) is 13.4. The Kier molecular flexibility index (Phi) is 7.53. The lowest BCUT2D eigenvalue weighted by atomic mass is 9.70. The van der Waals surface area contributed by atoms with Gasteiger partial charge in [-0.1, -0.05) is 23.7 Å². The van der Waals surface area contributed by atoms with Gasteiger partial charge in [0.1, 0.15) is 0 Å². The highest BCUT2D eigenvalue weighted by Crippen LogP contribution is 2.40. The summed E-state index contributed by atoms with van der Waals surface area (Å²) in [5.41, 5.74) is 4.25. The second-order valence-electron chi connectivity index (χ2n) is 11.0. The number of benzene rings is 1. The quantitative estimate of drug-likeness (QED) is 0.388. The Morgan fingerprint density at radius 3 is 2.38 bits per heavy atom. The number of nitrogens with zero attached hydrogens (tertiary/aromatic N) is 4. The second-order valence-corrected chi connectivity index (χ2v) is 11.4. The number of ether oxygens (including phenoxy) is 1. The molecule has 3 heterocycles. The molecule has 0 spiro atoms. The Hall–Kier alpha value is -3.59. The van der Waals surface area contributed by atoms with Crippen molar-refractivity contribution in [3.8, 4) is 17.3 Å². The maximum Gasteiger partial charge on any atom is 0.309 e. The number of pyridine rings is 1. The zero-order chi connectivity index (χ0) is 27.7. The summed E-state index contributed by atoms with van der Waals surface area (Å²) in [5, 5.41) is 10.0. The van der Waals surface area contributed by atoms with Crippen LogP contribution in [0.4, 0.5) is 5.69 Å². The molecule has 2 aromatic heterocycles. The molecule has 0 atom stereocenters. The van der Waals surface area contributed by atoms with Crippen molar-refractivity contribution < 1.29 is 19.4 Å². The molecule has 1 aliphatic carbocycles. The minimum Gasteiger partial charge on any atom is -0.481 e. The molecule has 39 heavy (non-hydrogen) atoms. The van der Waals surface area contributed by atoms with Gasteiger partial charge in [0.15, 0.2) is 5.65 Å². The van der Waals surface area contributed by atoms with Crippen molar-refractivity contribution in [2.75, 3.05) is 31.1 Å². The molecule has 9 nitrogen and oxygen atoms in total. The summed E-state index contributed by atoms with van der Waals surface area (Å²) in [7, 11) is 0. The molecule has 10 heteroatoms. The van der Waals surface area contributed by atoms with Gasteiger partial charge >= 0.3 is 12.0 Å². The van der Waals surface area contributed by atoms with Crippen LogP contribution in [0.1, 0.15) is 46.5 Å². The standard InChI is InChI=1S/C29H34ClN5O4/c1-18(36)34-12-14-35(15-13-34)22-10-6-20(7-11-22)25-23(30)16-24-26(32-25)33-28(31-24)39-17-19-4-8-21(9-5-19)29(2,3)27(37)38/h6-7,10-11,16-17,21H,4-5,8-9,12-15H2,1-3H3,(H,37,38)(H,31,32,33). The number of carboxylic acid groups (broad SMARTS) is 1. The lowest BCUT2D eigenvalue weighted by Crippen LogP contribution is -2.48. The van der Waals surface area contributed by atoms with Crippen molar-refractivity contribution in [3.05, 3.63) is 47.2 Å². The predicted octanol–water partition coefficient (Wildman–Crippen LogP) is 5.51. The molecule has 0 radical (unpaired) electrons. The van der Waals surface area contributed by atoms with Crippen LogP contribution in [-0.4, -0.2) is 63.0 Å². The number of anilines is 1. The number of hydrogen-bond acceptors (Lipinski definition) is 6. The van der Waals surface area contributed by atoms with E-state index in [-0.39, 0.29) is 11.8 Å². The van der Waals surface area contributed by atoms with Crippen LogP contribution < -0.4 is 9.64 Å². The lowest BCUT2D eigenvalue weighted by molar-refractivity contribution is -0.150. The molecule has 1 saturated carbocycles. The molecule has 1 saturated heterocycles. The van der Waals surface area contributed by atoms with E-state index in [0.717, 1.165) is 68.7 Å². The van der Waals surface area contributed by atoms with E-state index in [4.69, 9.17) is 21.3 Å². The van der Waals surface area contributed by atoms with E-state index >= 15 is 0 Å². The summed E-state index contributed by atoms with van der Waals surface area (Å²) in [6, 6.07) is 10.3. The van der Waals surface area contributed by atoms with E-state index in [9.17, 15) is 14.7 Å². The first kappa shape index (κ1) is 27.0. The normalized spacial score (nSPS) is 18.4. The zero-order valence-electron chi connectivity index (χ0n) is 22.5. The van der Waals surface area contributed by atoms with Gasteiger partial charge < -0.3 is 24.6 Å². The number of rotatable bonds is 6. The third kappa shape index (κ3) is 5.73. The van der Waals surface area contributed by atoms with Crippen molar-refractivity contribution in [3.63, 3.8) is 0 Å². The van der Waals surface area contributed by atoms with E-state index in [1.165, 1.54) is 0 Å². The van der Waals surface area contributed by atoms with Gasteiger partial charge in [-0.2, -0.15) is 4.98 Å². The van der Waals surface area contributed by atoms with Crippen molar-refractivity contribution in [2.45, 2.75) is 46.5 Å². The third-order valence-corrected chi connectivity index (χ3v) is 8.46. The van der Waals surface area contributed by atoms with Crippen LogP contribution in [0.5, 0.6) is 6.01 Å². The number of allylic oxidation sites excluding steroid dienone is 1. The van der Waals surface area contributed by atoms with E-state index in [0.29, 0.717) is 27.9 Å². The number of imidazole rings is 1. The number of nitrogens with one attached hydrogen (secondary N) is 1. The van der Waals surface area contributed by atoms with Gasteiger partial charge in [0, 0.05) is 44.4 Å². The van der Waals surface area contributed by atoms with Crippen LogP contribution in [-0.2, 0) is 9.59 Å². The first-order valence-corrected chi connectivity index (χ1v) is 13.7. The molecule has 2 aliphatic rings. The lowest BCUT2D eigenvalue weighted by Gasteiger charge is -2.35. The number of carbonyl (C=O) groups excluding carboxylic acids is 1. The number of aromatic nitrogens is 3. The van der Waals surface area contributed by atoms with E-state index < -0.39 is 11.4 Å². The number of aliphatic carboxylic acids is 1. The highest BCUT2D eigenvalue weighted by molar-refractivity contribution is 6.33. The summed E-state index contributed by atoms with van der Waals surface area (Å²) < 4.78 is 5.83. The van der Waals surface area contributed by atoms with Crippen LogP contribution in [0, 0.1) is 11.3 Å². The minimum atomic E-state index is -0.746. The van der Waals surface area contributed by atoms with Gasteiger partial charge in [-0.3, -0.25) is 9.59 Å². The number of halogens is 1. The van der Waals surface area contributed by atoms with E-state index in [1.807, 2.05) is 17.0 Å². The summed E-state index contributed by atoms with van der Waals surface area (Å²) in [6.45, 7) is 8.28. The fourth-order valence-electron chi connectivity index (χ4n) is 5.41. The Labute approximate surface area is 232 Å². The number of carbonyl (C=O) groups is 2. The second kappa shape index (κ2) is 10.9. The largest absolute Gasteiger partial charge is 0.481 e. The molecule has 1 aromatic carbocycles. The van der Waals surface area contributed by atoms with Gasteiger partial charge in [0.05, 0.1) is 27.9 Å². The predicted molar refractivity (Wildman–Crippen MR) is 151 cm³/mol. The Morgan fingerprint density at radius 1 is 1.10 bits per heavy atom. The average molecular weight is 552 g/mol. The fraction of sp³-hybridized carbons (Fsp3) is 0.448. The van der Waals surface area contributed by atoms with Crippen molar-refractivity contribution >= 4 is 40.3 Å². The molecule has 5 rings (SSSR count). The molecule has 0 bridgehead atoms. The maximum absolute atomic E-state index is 11.6. The first-order chi connectivity index (χ1) is 18.6. The molecule has 2 fully saturated rings. The van der Waals surface area contributed by atoms with Gasteiger partial charge in [-0.05, 0) is 69.2 Å². The fourth-order valence-corrected chi connectivity index (χ4v) is 5.67. The smallest absolute Gasteiger partial charge is 0.309 e. The highest BCUT2D eigenvalue weighted by Gasteiger charge is 2.37. The van der Waals surface area contributed by atoms with Crippen LogP contribution >= 0.6 is 11.6 Å². The SMILES string of the molecule is CC(=O)N1CCN(c2ccc(-c3nc4nc(OC=C5CCC(C(C)(C)C(=O)O)CC5)[nH]c4cc3Cl)cc2)CC1. The number of amides is 1. The van der Waals surface area contributed by atoms with Crippen molar-refractivity contribution in [2.24, 2.45) is 11.3 Å². The van der Waals surface area contributed by atoms with Gasteiger partial charge in [0.2, 0.25) is 5.91 Å². The van der Waals surface area contributed by atoms with Crippen LogP contribution in [0.25, 0.3) is 22.4 Å². The Bertz CT molecular complexity index is 1400. The zero-order valence-corrected chi connectivity index (χ0v) is 23.3. The number of fused-ring (bicyclic) bond motifs is 1. The molecular formula is C29H34ClN5O4. The van der Waals surface area contributed by atoms with Crippen molar-refractivity contribution in [1.82, 2.24) is 19.9 Å². The van der Waals surface area contributed by atoms with Crippen LogP contribution in [0.15, 0.2) is 42.2 Å². The summed E-state index contributed by atoms with van der Waals surface area (Å²) in [5.74, 6) is -0.479. The van der Waals surface area contributed by atoms with Crippen LogP contribution in [0.2, 0.25) is 5.02 Å². The van der Waals surface area contributed by atoms with Crippen molar-refractivity contribution in [1.29, 1.82) is 0 Å². The Balaban J connectivity index is 1.25. The molecule has 206 valence electrons. The maximum atomic E-state index is 11.6. The summed E-state index contributed by atoms with van der Waals surface area (Å²) >= 11 is 6.60. The molecule has 1 aliphatic heterocycles. The number of H-pyrrole nitrogens is 1. The van der Waals surface area contributed by atoms with E-state index in [1.54, 1.807) is 33.1 Å². The van der Waals surface area contributed by atoms with Crippen LogP contribution in [0.3, 0.4) is 0 Å². The monoisotopic (exact) mass is 551 g/mol. The van der Waals surface area contributed by atoms with Gasteiger partial charge in [-0.15, -0.1) is 0 Å². The summed E-state index contributed by atoms with van der Waals surface area (Å²) in [4.78, 5) is 39.6. The molecule has 2 N–H and O–H groups in total. The van der Waals surface area contributed by atoms with Gasteiger partial charge in [-0.25, -0.2) is 4.98 Å². The number of aromatic amines is 1. The molecule has 3 aromatic rings. The van der Waals surface area contributed by atoms with E-state index in [2.05, 4.69) is 27.0 Å². The molecule has 0 unspecified atom stereocenters. The Morgan fingerprint density at radius 2 is 1.77 bits per heavy atom. The topological polar surface area (TPSA) is 112 Å². The summed E-state index contributed by atoms with van der Waals surface area (Å²) in [6.07, 6.45) is 4.97. The highest BCUT2D eigenvalue weighted by atomic mass is 35.5. The molecular weight excluding hydrogens is 518 g/mol. The van der Waals surface area contributed by atoms with Gasteiger partial charge in [0.25, 0.3) is 0 Å². The number of hydrogen-bond donors (Lipinski definition) is 2.